The van der Waals surface area contributed by atoms with Crippen LogP contribution in [0.4, 0.5) is 19.0 Å². The molecule has 8 nitrogen and oxygen atoms in total. The quantitative estimate of drug-likeness (QED) is 0.272. The minimum atomic E-state index is -4.63. The molecule has 0 saturated carbocycles. The van der Waals surface area contributed by atoms with Gasteiger partial charge < -0.3 is 24.2 Å². The first-order chi connectivity index (χ1) is 19.7. The zero-order chi connectivity index (χ0) is 30.4. The molecule has 2 unspecified atom stereocenters. The Morgan fingerprint density at radius 3 is 2.62 bits per heavy atom. The van der Waals surface area contributed by atoms with E-state index in [-0.39, 0.29) is 29.9 Å². The number of carboxylic acid groups (broad SMARTS) is 1. The normalized spacial score (nSPS) is 17.0. The van der Waals surface area contributed by atoms with E-state index in [1.807, 2.05) is 50.8 Å². The zero-order valence-electron chi connectivity index (χ0n) is 24.0. The first kappa shape index (κ1) is 29.3. The minimum Gasteiger partial charge on any atom is -0.486 e. The third-order valence-corrected chi connectivity index (χ3v) is 7.33. The highest BCUT2D eigenvalue weighted by molar-refractivity contribution is 5.85. The molecule has 2 aliphatic rings. The second-order valence-corrected chi connectivity index (χ2v) is 11.4. The third-order valence-electron chi connectivity index (χ3n) is 7.33. The molecule has 5 rings (SSSR count). The van der Waals surface area contributed by atoms with Crippen LogP contribution in [-0.2, 0) is 17.4 Å². The van der Waals surface area contributed by atoms with Crippen molar-refractivity contribution in [3.8, 4) is 22.9 Å². The maximum atomic E-state index is 14.1. The molecule has 1 N–H and O–H groups in total. The first-order valence-corrected chi connectivity index (χ1v) is 13.9. The van der Waals surface area contributed by atoms with Crippen molar-refractivity contribution in [1.29, 1.82) is 0 Å². The van der Waals surface area contributed by atoms with Gasteiger partial charge in [-0.25, -0.2) is 9.48 Å². The lowest BCUT2D eigenvalue weighted by Gasteiger charge is -2.32. The average molecular weight is 586 g/mol. The molecule has 2 atom stereocenters. The summed E-state index contributed by atoms with van der Waals surface area (Å²) in [5.41, 5.74) is 0.566. The van der Waals surface area contributed by atoms with Gasteiger partial charge in [0.1, 0.15) is 17.7 Å². The monoisotopic (exact) mass is 585 g/mol. The Bertz CT molecular complexity index is 1510. The van der Waals surface area contributed by atoms with E-state index in [2.05, 4.69) is 11.7 Å². The summed E-state index contributed by atoms with van der Waals surface area (Å²) in [6.45, 7) is 11.9. The minimum absolute atomic E-state index is 0.0642. The highest BCUT2D eigenvalue weighted by Gasteiger charge is 2.41. The number of carboxylic acids is 1. The summed E-state index contributed by atoms with van der Waals surface area (Å²) < 4.78 is 61.5. The van der Waals surface area contributed by atoms with Crippen molar-refractivity contribution in [1.82, 2.24) is 9.78 Å². The molecule has 224 valence electrons. The number of aliphatic carboxylic acids is 1. The predicted molar refractivity (Wildman–Crippen MR) is 150 cm³/mol. The summed E-state index contributed by atoms with van der Waals surface area (Å²) in [5.74, 6) is 0.0993. The van der Waals surface area contributed by atoms with Gasteiger partial charge in [-0.15, -0.1) is 0 Å². The highest BCUT2D eigenvalue weighted by atomic mass is 19.4. The maximum Gasteiger partial charge on any atom is 0.435 e. The summed E-state index contributed by atoms with van der Waals surface area (Å²) in [5, 5.41) is 13.3. The Hall–Kier alpha value is -4.15. The van der Waals surface area contributed by atoms with Crippen LogP contribution in [0, 0.1) is 5.92 Å². The number of rotatable bonds is 9. The Morgan fingerprint density at radius 2 is 1.90 bits per heavy atom. The van der Waals surface area contributed by atoms with Crippen LogP contribution in [0.1, 0.15) is 63.5 Å². The molecule has 0 amide bonds. The highest BCUT2D eigenvalue weighted by Crippen LogP contribution is 2.42. The Labute approximate surface area is 242 Å². The SMILES string of the molecule is C=C(CC(C)CN1CCCc2c(C(F)(F)F)nn(-c3cccc(OC(C)c4ccc5c(c4)OC(C)(C)O5)c3)c21)C(=O)O. The molecule has 0 bridgehead atoms. The Kier molecular flexibility index (Phi) is 7.63. The van der Waals surface area contributed by atoms with Gasteiger partial charge in [0.05, 0.1) is 5.69 Å². The molecule has 3 heterocycles. The summed E-state index contributed by atoms with van der Waals surface area (Å²) >= 11 is 0. The molecule has 1 aromatic heterocycles. The number of aromatic nitrogens is 2. The molecule has 11 heteroatoms. The summed E-state index contributed by atoms with van der Waals surface area (Å²) in [7, 11) is 0. The van der Waals surface area contributed by atoms with Crippen molar-refractivity contribution in [2.75, 3.05) is 18.0 Å². The van der Waals surface area contributed by atoms with E-state index in [9.17, 15) is 23.1 Å². The van der Waals surface area contributed by atoms with Gasteiger partial charge in [0, 0.05) is 44.1 Å². The number of hydrogen-bond donors (Lipinski definition) is 1. The van der Waals surface area contributed by atoms with Crippen LogP contribution in [0.5, 0.6) is 17.2 Å². The van der Waals surface area contributed by atoms with Gasteiger partial charge in [0.15, 0.2) is 17.2 Å². The van der Waals surface area contributed by atoms with E-state index >= 15 is 0 Å². The molecule has 2 aliphatic heterocycles. The number of halogens is 3. The Morgan fingerprint density at radius 1 is 1.17 bits per heavy atom. The van der Waals surface area contributed by atoms with Crippen LogP contribution in [0.3, 0.4) is 0 Å². The standard InChI is InChI=1S/C31H34F3N3O5/c1-18(14-19(2)29(38)39)17-36-13-7-10-24-27(31(32,33)34)35-37(28(24)36)22-8-6-9-23(16-22)40-20(3)21-11-12-25-26(15-21)42-30(4,5)41-25/h6,8-9,11-12,15-16,18,20H,2,7,10,13-14,17H2,1,3-5H3,(H,38,39). The molecule has 0 fully saturated rings. The maximum absolute atomic E-state index is 14.1. The average Bonchev–Trinajstić information content (AvgIpc) is 3.45. The second kappa shape index (κ2) is 10.9. The van der Waals surface area contributed by atoms with Gasteiger partial charge in [-0.05, 0) is 61.9 Å². The molecule has 42 heavy (non-hydrogen) atoms. The van der Waals surface area contributed by atoms with Crippen LogP contribution in [0.2, 0.25) is 0 Å². The summed E-state index contributed by atoms with van der Waals surface area (Å²) in [4.78, 5) is 13.1. The smallest absolute Gasteiger partial charge is 0.435 e. The van der Waals surface area contributed by atoms with E-state index in [1.165, 1.54) is 4.68 Å². The number of fused-ring (bicyclic) bond motifs is 2. The van der Waals surface area contributed by atoms with E-state index in [1.54, 1.807) is 24.3 Å². The number of benzene rings is 2. The first-order valence-electron chi connectivity index (χ1n) is 13.9. The van der Waals surface area contributed by atoms with Gasteiger partial charge >= 0.3 is 12.1 Å². The molecular weight excluding hydrogens is 551 g/mol. The van der Waals surface area contributed by atoms with Crippen molar-refractivity contribution < 1.29 is 37.3 Å². The van der Waals surface area contributed by atoms with Crippen molar-refractivity contribution in [2.24, 2.45) is 5.92 Å². The fourth-order valence-electron chi connectivity index (χ4n) is 5.54. The van der Waals surface area contributed by atoms with Crippen molar-refractivity contribution >= 4 is 11.8 Å². The number of alkyl halides is 3. The summed E-state index contributed by atoms with van der Waals surface area (Å²) in [6.07, 6.45) is -4.03. The van der Waals surface area contributed by atoms with E-state index < -0.39 is 29.7 Å². The van der Waals surface area contributed by atoms with Gasteiger partial charge in [-0.3, -0.25) is 0 Å². The lowest BCUT2D eigenvalue weighted by Crippen LogP contribution is -2.35. The third kappa shape index (κ3) is 6.05. The van der Waals surface area contributed by atoms with Crippen LogP contribution >= 0.6 is 0 Å². The lowest BCUT2D eigenvalue weighted by atomic mass is 9.99. The molecule has 0 spiro atoms. The number of anilines is 1. The molecule has 0 radical (unpaired) electrons. The molecule has 2 aromatic carbocycles. The van der Waals surface area contributed by atoms with Crippen LogP contribution in [0.15, 0.2) is 54.6 Å². The van der Waals surface area contributed by atoms with Gasteiger partial charge in [-0.2, -0.15) is 18.3 Å². The zero-order valence-corrected chi connectivity index (χ0v) is 24.0. The van der Waals surface area contributed by atoms with Crippen LogP contribution in [0.25, 0.3) is 5.69 Å². The second-order valence-electron chi connectivity index (χ2n) is 11.4. The number of carbonyl (C=O) groups is 1. The van der Waals surface area contributed by atoms with Gasteiger partial charge in [0.25, 0.3) is 0 Å². The van der Waals surface area contributed by atoms with Crippen LogP contribution in [-0.4, -0.2) is 39.7 Å². The molecule has 0 saturated heterocycles. The van der Waals surface area contributed by atoms with Crippen LogP contribution < -0.4 is 19.1 Å². The number of hydrogen-bond acceptors (Lipinski definition) is 6. The lowest BCUT2D eigenvalue weighted by molar-refractivity contribution is -0.142. The van der Waals surface area contributed by atoms with Crippen molar-refractivity contribution in [3.05, 3.63) is 71.4 Å². The predicted octanol–water partition coefficient (Wildman–Crippen LogP) is 6.96. The number of nitrogens with zero attached hydrogens (tertiary/aromatic N) is 3. The fraction of sp³-hybridized carbons (Fsp3) is 0.419. The topological polar surface area (TPSA) is 86.0 Å². The van der Waals surface area contributed by atoms with Crippen molar-refractivity contribution in [2.45, 2.75) is 65.0 Å². The largest absolute Gasteiger partial charge is 0.486 e. The molecule has 0 aliphatic carbocycles. The number of ether oxygens (including phenoxy) is 3. The summed E-state index contributed by atoms with van der Waals surface area (Å²) in [6, 6.07) is 12.4. The van der Waals surface area contributed by atoms with Crippen molar-refractivity contribution in [3.63, 3.8) is 0 Å². The molecule has 3 aromatic rings. The fourth-order valence-corrected chi connectivity index (χ4v) is 5.54. The Balaban J connectivity index is 1.44. The van der Waals surface area contributed by atoms with E-state index in [4.69, 9.17) is 14.2 Å². The molecular formula is C31H34F3N3O5. The van der Waals surface area contributed by atoms with Gasteiger partial charge in [0.2, 0.25) is 5.79 Å². The van der Waals surface area contributed by atoms with E-state index in [0.717, 1.165) is 5.56 Å². The van der Waals surface area contributed by atoms with E-state index in [0.29, 0.717) is 48.3 Å². The van der Waals surface area contributed by atoms with Gasteiger partial charge in [-0.1, -0.05) is 25.6 Å².